The van der Waals surface area contributed by atoms with Gasteiger partial charge in [-0.3, -0.25) is 4.79 Å². The molecular formula is C15H23ClN2O3. The molecule has 1 amide bonds. The molecule has 0 saturated heterocycles. The van der Waals surface area contributed by atoms with Crippen LogP contribution in [0.1, 0.15) is 31.9 Å². The lowest BCUT2D eigenvalue weighted by atomic mass is 9.98. The third-order valence-corrected chi connectivity index (χ3v) is 3.42. The van der Waals surface area contributed by atoms with Crippen LogP contribution in [0.3, 0.4) is 0 Å². The molecule has 0 radical (unpaired) electrons. The van der Waals surface area contributed by atoms with Crippen LogP contribution >= 0.6 is 12.4 Å². The van der Waals surface area contributed by atoms with E-state index in [0.717, 1.165) is 6.42 Å². The molecule has 3 atom stereocenters. The zero-order valence-corrected chi connectivity index (χ0v) is 13.4. The lowest BCUT2D eigenvalue weighted by Crippen LogP contribution is -2.47. The van der Waals surface area contributed by atoms with Gasteiger partial charge in [-0.15, -0.1) is 12.4 Å². The van der Waals surface area contributed by atoms with Crippen LogP contribution < -0.4 is 11.1 Å². The second-order valence-corrected chi connectivity index (χ2v) is 4.79. The quantitative estimate of drug-likeness (QED) is 0.785. The van der Waals surface area contributed by atoms with Crippen LogP contribution in [0, 0.1) is 5.92 Å². The SMILES string of the molecule is CC[C@H](C)[C@H](N)C(=O)N[C@H](C(=O)OC)c1ccccc1.Cl. The Balaban J connectivity index is 0.00000400. The molecule has 0 fully saturated rings. The van der Waals surface area contributed by atoms with Gasteiger partial charge in [-0.25, -0.2) is 4.79 Å². The highest BCUT2D eigenvalue weighted by molar-refractivity contribution is 5.88. The molecule has 1 aromatic carbocycles. The van der Waals surface area contributed by atoms with Gasteiger partial charge >= 0.3 is 5.97 Å². The van der Waals surface area contributed by atoms with Gasteiger partial charge in [0.1, 0.15) is 0 Å². The first kappa shape index (κ1) is 19.4. The van der Waals surface area contributed by atoms with Gasteiger partial charge in [0.2, 0.25) is 5.91 Å². The number of nitrogens with two attached hydrogens (primary N) is 1. The first-order valence-corrected chi connectivity index (χ1v) is 6.70. The van der Waals surface area contributed by atoms with Gasteiger partial charge in [-0.2, -0.15) is 0 Å². The number of amides is 1. The molecule has 6 heteroatoms. The summed E-state index contributed by atoms with van der Waals surface area (Å²) in [5.74, 6) is -0.816. The Morgan fingerprint density at radius 2 is 1.86 bits per heavy atom. The minimum absolute atomic E-state index is 0. The van der Waals surface area contributed by atoms with Crippen molar-refractivity contribution >= 4 is 24.3 Å². The Bertz CT molecular complexity index is 453. The van der Waals surface area contributed by atoms with E-state index in [1.165, 1.54) is 7.11 Å². The molecule has 0 spiro atoms. The summed E-state index contributed by atoms with van der Waals surface area (Å²) in [6.45, 7) is 3.87. The lowest BCUT2D eigenvalue weighted by molar-refractivity contribution is -0.145. The molecule has 0 aromatic heterocycles. The number of methoxy groups -OCH3 is 1. The van der Waals surface area contributed by atoms with Crippen molar-refractivity contribution in [3.63, 3.8) is 0 Å². The van der Waals surface area contributed by atoms with Gasteiger partial charge in [0.05, 0.1) is 13.2 Å². The lowest BCUT2D eigenvalue weighted by Gasteiger charge is -2.22. The fourth-order valence-corrected chi connectivity index (χ4v) is 1.79. The van der Waals surface area contributed by atoms with E-state index in [4.69, 9.17) is 10.5 Å². The summed E-state index contributed by atoms with van der Waals surface area (Å²) in [4.78, 5) is 23.9. The first-order valence-electron chi connectivity index (χ1n) is 6.70. The zero-order chi connectivity index (χ0) is 15.1. The van der Waals surface area contributed by atoms with Crippen LogP contribution in [-0.2, 0) is 14.3 Å². The maximum Gasteiger partial charge on any atom is 0.333 e. The molecule has 118 valence electrons. The Hall–Kier alpha value is -1.59. The zero-order valence-electron chi connectivity index (χ0n) is 12.5. The minimum Gasteiger partial charge on any atom is -0.467 e. The molecule has 0 aliphatic carbocycles. The fourth-order valence-electron chi connectivity index (χ4n) is 1.79. The number of hydrogen-bond acceptors (Lipinski definition) is 4. The van der Waals surface area contributed by atoms with E-state index in [0.29, 0.717) is 5.56 Å². The number of esters is 1. The molecular weight excluding hydrogens is 292 g/mol. The van der Waals surface area contributed by atoms with Crippen molar-refractivity contribution < 1.29 is 14.3 Å². The van der Waals surface area contributed by atoms with Gasteiger partial charge in [-0.1, -0.05) is 50.6 Å². The van der Waals surface area contributed by atoms with Crippen LogP contribution in [0.25, 0.3) is 0 Å². The van der Waals surface area contributed by atoms with Gasteiger partial charge in [0.25, 0.3) is 0 Å². The molecule has 0 saturated carbocycles. The van der Waals surface area contributed by atoms with Gasteiger partial charge in [-0.05, 0) is 11.5 Å². The molecule has 0 heterocycles. The topological polar surface area (TPSA) is 81.4 Å². The predicted octanol–water partition coefficient (Wildman–Crippen LogP) is 1.81. The number of ether oxygens (including phenoxy) is 1. The smallest absolute Gasteiger partial charge is 0.333 e. The molecule has 0 bridgehead atoms. The highest BCUT2D eigenvalue weighted by Crippen LogP contribution is 2.15. The molecule has 5 nitrogen and oxygen atoms in total. The van der Waals surface area contributed by atoms with Crippen LogP contribution in [0.2, 0.25) is 0 Å². The molecule has 0 unspecified atom stereocenters. The molecule has 21 heavy (non-hydrogen) atoms. The summed E-state index contributed by atoms with van der Waals surface area (Å²) in [6, 6.07) is 7.48. The summed E-state index contributed by atoms with van der Waals surface area (Å²) < 4.78 is 4.74. The largest absolute Gasteiger partial charge is 0.467 e. The van der Waals surface area contributed by atoms with E-state index in [-0.39, 0.29) is 24.2 Å². The Morgan fingerprint density at radius 1 is 1.29 bits per heavy atom. The van der Waals surface area contributed by atoms with Crippen molar-refractivity contribution in [2.24, 2.45) is 11.7 Å². The summed E-state index contributed by atoms with van der Waals surface area (Å²) in [7, 11) is 1.29. The monoisotopic (exact) mass is 314 g/mol. The third-order valence-electron chi connectivity index (χ3n) is 3.42. The number of nitrogens with one attached hydrogen (secondary N) is 1. The maximum absolute atomic E-state index is 12.1. The average molecular weight is 315 g/mol. The molecule has 0 aliphatic rings. The number of hydrogen-bond donors (Lipinski definition) is 2. The van der Waals surface area contributed by atoms with Gasteiger partial charge in [0, 0.05) is 0 Å². The number of halogens is 1. The molecule has 0 aliphatic heterocycles. The predicted molar refractivity (Wildman–Crippen MR) is 84.0 cm³/mol. The average Bonchev–Trinajstić information content (AvgIpc) is 2.50. The first-order chi connectivity index (χ1) is 9.51. The van der Waals surface area contributed by atoms with Crippen molar-refractivity contribution in [3.05, 3.63) is 35.9 Å². The normalized spacial score (nSPS) is 14.3. The van der Waals surface area contributed by atoms with Crippen LogP contribution in [0.5, 0.6) is 0 Å². The minimum atomic E-state index is -0.830. The highest BCUT2D eigenvalue weighted by Gasteiger charge is 2.27. The van der Waals surface area contributed by atoms with E-state index in [1.807, 2.05) is 19.9 Å². The maximum atomic E-state index is 12.1. The summed E-state index contributed by atoms with van der Waals surface area (Å²) in [5, 5.41) is 2.66. The van der Waals surface area contributed by atoms with E-state index in [1.54, 1.807) is 24.3 Å². The van der Waals surface area contributed by atoms with E-state index in [2.05, 4.69) is 5.32 Å². The van der Waals surface area contributed by atoms with Crippen LogP contribution in [0.15, 0.2) is 30.3 Å². The van der Waals surface area contributed by atoms with E-state index < -0.39 is 18.1 Å². The Labute approximate surface area is 131 Å². The highest BCUT2D eigenvalue weighted by atomic mass is 35.5. The van der Waals surface area contributed by atoms with Gasteiger partial charge in [0.15, 0.2) is 6.04 Å². The molecule has 1 aromatic rings. The number of benzene rings is 1. The van der Waals surface area contributed by atoms with E-state index in [9.17, 15) is 9.59 Å². The summed E-state index contributed by atoms with van der Waals surface area (Å²) in [6.07, 6.45) is 0.794. The van der Waals surface area contributed by atoms with Crippen LogP contribution in [-0.4, -0.2) is 25.0 Å². The van der Waals surface area contributed by atoms with Crippen molar-refractivity contribution in [3.8, 4) is 0 Å². The third kappa shape index (κ3) is 5.36. The molecule has 1 rings (SSSR count). The summed E-state index contributed by atoms with van der Waals surface area (Å²) in [5.41, 5.74) is 6.55. The van der Waals surface area contributed by atoms with Crippen molar-refractivity contribution in [2.75, 3.05) is 7.11 Å². The van der Waals surface area contributed by atoms with Crippen molar-refractivity contribution in [1.29, 1.82) is 0 Å². The fraction of sp³-hybridized carbons (Fsp3) is 0.467. The number of carbonyl (C=O) groups excluding carboxylic acids is 2. The Kier molecular flexibility index (Phi) is 8.66. The number of carbonyl (C=O) groups is 2. The standard InChI is InChI=1S/C15H22N2O3.ClH/c1-4-10(2)12(16)14(18)17-13(15(19)20-3)11-8-6-5-7-9-11;/h5-10,12-13H,4,16H2,1-3H3,(H,17,18);1H/t10-,12-,13-;/m0./s1. The van der Waals surface area contributed by atoms with Crippen molar-refractivity contribution in [2.45, 2.75) is 32.4 Å². The second kappa shape index (κ2) is 9.37. The summed E-state index contributed by atoms with van der Waals surface area (Å²) >= 11 is 0. The number of rotatable bonds is 6. The molecule has 3 N–H and O–H groups in total. The van der Waals surface area contributed by atoms with E-state index >= 15 is 0 Å². The van der Waals surface area contributed by atoms with Gasteiger partial charge < -0.3 is 15.8 Å². The van der Waals surface area contributed by atoms with Crippen LogP contribution in [0.4, 0.5) is 0 Å². The van der Waals surface area contributed by atoms with Crippen molar-refractivity contribution in [1.82, 2.24) is 5.32 Å². The Morgan fingerprint density at radius 3 is 2.33 bits per heavy atom. The second-order valence-electron chi connectivity index (χ2n) is 4.79.